The van der Waals surface area contributed by atoms with E-state index in [1.54, 1.807) is 0 Å². The standard InChI is InChI=1S/C15H30N2O/c1-14(13-17-8-10-18-11-9-17)16-12-15-6-4-2-3-5-7-15/h14-16H,2-13H2,1H3. The van der Waals surface area contributed by atoms with Crippen LogP contribution < -0.4 is 5.32 Å². The molecule has 3 heteroatoms. The lowest BCUT2D eigenvalue weighted by atomic mass is 10.0. The summed E-state index contributed by atoms with van der Waals surface area (Å²) < 4.78 is 5.39. The Balaban J connectivity index is 1.59. The van der Waals surface area contributed by atoms with Gasteiger partial charge in [0.15, 0.2) is 0 Å². The van der Waals surface area contributed by atoms with Gasteiger partial charge in [-0.3, -0.25) is 4.90 Å². The van der Waals surface area contributed by atoms with E-state index in [0.29, 0.717) is 6.04 Å². The zero-order valence-electron chi connectivity index (χ0n) is 12.0. The summed E-state index contributed by atoms with van der Waals surface area (Å²) in [5.74, 6) is 0.930. The third kappa shape index (κ3) is 5.25. The molecule has 1 unspecified atom stereocenters. The van der Waals surface area contributed by atoms with Crippen LogP contribution >= 0.6 is 0 Å². The molecule has 1 saturated carbocycles. The minimum Gasteiger partial charge on any atom is -0.379 e. The Labute approximate surface area is 112 Å². The summed E-state index contributed by atoms with van der Waals surface area (Å²) in [5.41, 5.74) is 0. The summed E-state index contributed by atoms with van der Waals surface area (Å²) in [4.78, 5) is 2.52. The molecule has 1 atom stereocenters. The maximum atomic E-state index is 5.39. The highest BCUT2D eigenvalue weighted by Crippen LogP contribution is 2.22. The van der Waals surface area contributed by atoms with Gasteiger partial charge >= 0.3 is 0 Å². The Bertz CT molecular complexity index is 209. The van der Waals surface area contributed by atoms with Crippen LogP contribution in [-0.2, 0) is 4.74 Å². The molecule has 2 fully saturated rings. The number of morpholine rings is 1. The van der Waals surface area contributed by atoms with Crippen molar-refractivity contribution in [3.8, 4) is 0 Å². The van der Waals surface area contributed by atoms with Crippen LogP contribution in [0.1, 0.15) is 45.4 Å². The first-order valence-corrected chi connectivity index (χ1v) is 7.88. The lowest BCUT2D eigenvalue weighted by Gasteiger charge is -2.30. The molecular formula is C15H30N2O. The zero-order valence-corrected chi connectivity index (χ0v) is 12.0. The van der Waals surface area contributed by atoms with Crippen molar-refractivity contribution in [3.63, 3.8) is 0 Å². The quantitative estimate of drug-likeness (QED) is 0.762. The zero-order chi connectivity index (χ0) is 12.6. The number of rotatable bonds is 5. The molecule has 0 bridgehead atoms. The van der Waals surface area contributed by atoms with Gasteiger partial charge in [-0.2, -0.15) is 0 Å². The third-order valence-electron chi connectivity index (χ3n) is 4.37. The molecule has 2 aliphatic rings. The van der Waals surface area contributed by atoms with Gasteiger partial charge in [-0.05, 0) is 32.2 Å². The van der Waals surface area contributed by atoms with Gasteiger partial charge in [0.25, 0.3) is 0 Å². The van der Waals surface area contributed by atoms with Crippen molar-refractivity contribution in [2.75, 3.05) is 39.4 Å². The maximum absolute atomic E-state index is 5.39. The highest BCUT2D eigenvalue weighted by atomic mass is 16.5. The largest absolute Gasteiger partial charge is 0.379 e. The lowest BCUT2D eigenvalue weighted by molar-refractivity contribution is 0.0342. The van der Waals surface area contributed by atoms with Crippen LogP contribution in [-0.4, -0.2) is 50.3 Å². The van der Waals surface area contributed by atoms with E-state index in [4.69, 9.17) is 4.74 Å². The van der Waals surface area contributed by atoms with Crippen molar-refractivity contribution < 1.29 is 4.74 Å². The summed E-state index contributed by atoms with van der Waals surface area (Å²) in [6, 6.07) is 0.617. The number of nitrogens with zero attached hydrogens (tertiary/aromatic N) is 1. The predicted molar refractivity (Wildman–Crippen MR) is 75.9 cm³/mol. The second kappa shape index (κ2) is 8.13. The molecule has 0 radical (unpaired) electrons. The summed E-state index contributed by atoms with van der Waals surface area (Å²) >= 11 is 0. The second-order valence-electron chi connectivity index (χ2n) is 6.08. The van der Waals surface area contributed by atoms with E-state index < -0.39 is 0 Å². The Morgan fingerprint density at radius 1 is 1.11 bits per heavy atom. The molecule has 0 aromatic rings. The van der Waals surface area contributed by atoms with Crippen LogP contribution in [0.3, 0.4) is 0 Å². The van der Waals surface area contributed by atoms with Crippen LogP contribution in [0.15, 0.2) is 0 Å². The lowest BCUT2D eigenvalue weighted by Crippen LogP contribution is -2.45. The fourth-order valence-electron chi connectivity index (χ4n) is 3.17. The molecule has 1 heterocycles. The van der Waals surface area contributed by atoms with Gasteiger partial charge in [0.05, 0.1) is 13.2 Å². The van der Waals surface area contributed by atoms with Crippen molar-refractivity contribution >= 4 is 0 Å². The highest BCUT2D eigenvalue weighted by molar-refractivity contribution is 4.73. The van der Waals surface area contributed by atoms with E-state index in [9.17, 15) is 0 Å². The van der Waals surface area contributed by atoms with E-state index >= 15 is 0 Å². The predicted octanol–water partition coefficient (Wildman–Crippen LogP) is 2.27. The molecule has 0 aromatic carbocycles. The number of ether oxygens (including phenoxy) is 1. The summed E-state index contributed by atoms with van der Waals surface area (Å²) in [6.07, 6.45) is 8.70. The maximum Gasteiger partial charge on any atom is 0.0594 e. The number of hydrogen-bond acceptors (Lipinski definition) is 3. The molecule has 1 aliphatic heterocycles. The van der Waals surface area contributed by atoms with Crippen molar-refractivity contribution in [2.45, 2.75) is 51.5 Å². The molecule has 1 N–H and O–H groups in total. The fourth-order valence-corrected chi connectivity index (χ4v) is 3.17. The van der Waals surface area contributed by atoms with E-state index in [-0.39, 0.29) is 0 Å². The average Bonchev–Trinajstić information content (AvgIpc) is 2.66. The smallest absolute Gasteiger partial charge is 0.0594 e. The monoisotopic (exact) mass is 254 g/mol. The molecule has 1 aliphatic carbocycles. The molecule has 1 saturated heterocycles. The third-order valence-corrected chi connectivity index (χ3v) is 4.37. The molecule has 0 spiro atoms. The minimum absolute atomic E-state index is 0.617. The molecular weight excluding hydrogens is 224 g/mol. The van der Waals surface area contributed by atoms with Crippen molar-refractivity contribution in [3.05, 3.63) is 0 Å². The van der Waals surface area contributed by atoms with Gasteiger partial charge in [0.1, 0.15) is 0 Å². The molecule has 0 aromatic heterocycles. The first kappa shape index (κ1) is 14.3. The fraction of sp³-hybridized carbons (Fsp3) is 1.00. The Hall–Kier alpha value is -0.120. The second-order valence-corrected chi connectivity index (χ2v) is 6.08. The Kier molecular flexibility index (Phi) is 6.46. The van der Waals surface area contributed by atoms with Crippen LogP contribution in [0.5, 0.6) is 0 Å². The van der Waals surface area contributed by atoms with E-state index in [2.05, 4.69) is 17.1 Å². The molecule has 18 heavy (non-hydrogen) atoms. The Morgan fingerprint density at radius 2 is 1.78 bits per heavy atom. The first-order valence-electron chi connectivity index (χ1n) is 7.88. The highest BCUT2D eigenvalue weighted by Gasteiger charge is 2.16. The first-order chi connectivity index (χ1) is 8.84. The average molecular weight is 254 g/mol. The van der Waals surface area contributed by atoms with Gasteiger partial charge < -0.3 is 10.1 Å². The van der Waals surface area contributed by atoms with Crippen molar-refractivity contribution in [1.82, 2.24) is 10.2 Å². The molecule has 3 nitrogen and oxygen atoms in total. The van der Waals surface area contributed by atoms with Crippen LogP contribution in [0, 0.1) is 5.92 Å². The van der Waals surface area contributed by atoms with Crippen molar-refractivity contribution in [2.24, 2.45) is 5.92 Å². The van der Waals surface area contributed by atoms with Gasteiger partial charge in [-0.1, -0.05) is 25.7 Å². The van der Waals surface area contributed by atoms with Crippen molar-refractivity contribution in [1.29, 1.82) is 0 Å². The molecule has 0 amide bonds. The molecule has 2 rings (SSSR count). The Morgan fingerprint density at radius 3 is 2.44 bits per heavy atom. The summed E-state index contributed by atoms with van der Waals surface area (Å²) in [7, 11) is 0. The number of nitrogens with one attached hydrogen (secondary N) is 1. The minimum atomic E-state index is 0.617. The SMILES string of the molecule is CC(CN1CCOCC1)NCC1CCCCCC1. The summed E-state index contributed by atoms with van der Waals surface area (Å²) in [5, 5.41) is 3.74. The van der Waals surface area contributed by atoms with Gasteiger partial charge in [-0.25, -0.2) is 0 Å². The normalized spacial score (nSPS) is 25.8. The molecule has 106 valence electrons. The van der Waals surface area contributed by atoms with Crippen LogP contribution in [0.25, 0.3) is 0 Å². The van der Waals surface area contributed by atoms with Crippen LogP contribution in [0.4, 0.5) is 0 Å². The van der Waals surface area contributed by atoms with Crippen LogP contribution in [0.2, 0.25) is 0 Å². The topological polar surface area (TPSA) is 24.5 Å². The van der Waals surface area contributed by atoms with Gasteiger partial charge in [0, 0.05) is 25.7 Å². The van der Waals surface area contributed by atoms with E-state index in [0.717, 1.165) is 32.2 Å². The van der Waals surface area contributed by atoms with Gasteiger partial charge in [0.2, 0.25) is 0 Å². The number of hydrogen-bond donors (Lipinski definition) is 1. The van der Waals surface area contributed by atoms with E-state index in [1.807, 2.05) is 0 Å². The summed E-state index contributed by atoms with van der Waals surface area (Å²) in [6.45, 7) is 8.77. The van der Waals surface area contributed by atoms with E-state index in [1.165, 1.54) is 51.6 Å². The van der Waals surface area contributed by atoms with Gasteiger partial charge in [-0.15, -0.1) is 0 Å².